The molecule has 0 amide bonds. The molecule has 0 atom stereocenters. The second kappa shape index (κ2) is 6.11. The Hall–Kier alpha value is -1.11. The van der Waals surface area contributed by atoms with Gasteiger partial charge in [-0.3, -0.25) is 4.99 Å². The maximum Gasteiger partial charge on any atom is 0.0426 e. The van der Waals surface area contributed by atoms with Gasteiger partial charge in [-0.1, -0.05) is 53.7 Å². The van der Waals surface area contributed by atoms with Crippen molar-refractivity contribution >= 4 is 5.71 Å². The first-order valence-electron chi connectivity index (χ1n) is 8.13. The molecule has 0 spiro atoms. The molecule has 110 valence electrons. The van der Waals surface area contributed by atoms with Gasteiger partial charge in [0.1, 0.15) is 0 Å². The van der Waals surface area contributed by atoms with Crippen LogP contribution in [0.5, 0.6) is 0 Å². The average molecular weight is 271 g/mol. The van der Waals surface area contributed by atoms with Crippen LogP contribution in [0.15, 0.2) is 17.1 Å². The van der Waals surface area contributed by atoms with Gasteiger partial charge < -0.3 is 0 Å². The number of aliphatic imine (C=N–C) groups is 1. The van der Waals surface area contributed by atoms with E-state index in [4.69, 9.17) is 4.99 Å². The lowest BCUT2D eigenvalue weighted by Crippen LogP contribution is -2.11. The van der Waals surface area contributed by atoms with Crippen molar-refractivity contribution < 1.29 is 0 Å². The summed E-state index contributed by atoms with van der Waals surface area (Å²) in [6.07, 6.45) is 2.37. The van der Waals surface area contributed by atoms with Gasteiger partial charge in [0.05, 0.1) is 0 Å². The topological polar surface area (TPSA) is 12.4 Å². The molecule has 1 nitrogen and oxygen atoms in total. The molecule has 0 saturated heterocycles. The largest absolute Gasteiger partial charge is 0.289 e. The van der Waals surface area contributed by atoms with Crippen LogP contribution in [0, 0.1) is 0 Å². The van der Waals surface area contributed by atoms with Crippen LogP contribution >= 0.6 is 0 Å². The van der Waals surface area contributed by atoms with E-state index in [9.17, 15) is 0 Å². The van der Waals surface area contributed by atoms with Crippen molar-refractivity contribution in [2.24, 2.45) is 4.99 Å². The van der Waals surface area contributed by atoms with Crippen LogP contribution in [0.1, 0.15) is 94.4 Å². The normalized spacial score (nSPS) is 15.6. The van der Waals surface area contributed by atoms with Crippen molar-refractivity contribution in [2.45, 2.75) is 72.1 Å². The monoisotopic (exact) mass is 271 g/mol. The number of rotatable bonds is 4. The third-order valence-corrected chi connectivity index (χ3v) is 4.30. The third-order valence-electron chi connectivity index (χ3n) is 4.30. The number of benzene rings is 1. The molecule has 0 bridgehead atoms. The summed E-state index contributed by atoms with van der Waals surface area (Å²) in [5.41, 5.74) is 7.30. The van der Waals surface area contributed by atoms with Crippen molar-refractivity contribution in [3.8, 4) is 0 Å². The van der Waals surface area contributed by atoms with E-state index in [1.165, 1.54) is 34.4 Å². The molecule has 0 aromatic heterocycles. The van der Waals surface area contributed by atoms with E-state index in [2.05, 4.69) is 53.7 Å². The van der Waals surface area contributed by atoms with Crippen molar-refractivity contribution in [1.29, 1.82) is 0 Å². The Morgan fingerprint density at radius 3 is 1.75 bits per heavy atom. The van der Waals surface area contributed by atoms with Crippen molar-refractivity contribution in [3.05, 3.63) is 34.4 Å². The highest BCUT2D eigenvalue weighted by Gasteiger charge is 2.21. The van der Waals surface area contributed by atoms with E-state index in [0.717, 1.165) is 13.0 Å². The second-order valence-corrected chi connectivity index (χ2v) is 6.97. The molecule has 20 heavy (non-hydrogen) atoms. The smallest absolute Gasteiger partial charge is 0.0426 e. The minimum Gasteiger partial charge on any atom is -0.289 e. The van der Waals surface area contributed by atoms with Gasteiger partial charge in [-0.2, -0.15) is 0 Å². The summed E-state index contributed by atoms with van der Waals surface area (Å²) in [5, 5.41) is 0. The highest BCUT2D eigenvalue weighted by molar-refractivity contribution is 6.04. The number of hydrogen-bond donors (Lipinski definition) is 0. The van der Waals surface area contributed by atoms with Gasteiger partial charge in [-0.15, -0.1) is 0 Å². The van der Waals surface area contributed by atoms with Crippen LogP contribution in [-0.2, 0) is 0 Å². The first-order chi connectivity index (χ1) is 9.41. The van der Waals surface area contributed by atoms with E-state index >= 15 is 0 Å². The summed E-state index contributed by atoms with van der Waals surface area (Å²) in [4.78, 5) is 4.78. The predicted octanol–water partition coefficient (Wildman–Crippen LogP) is 5.64. The number of hydrogen-bond acceptors (Lipinski definition) is 1. The lowest BCUT2D eigenvalue weighted by Gasteiger charge is -2.23. The van der Waals surface area contributed by atoms with Gasteiger partial charge in [-0.05, 0) is 47.3 Å². The quantitative estimate of drug-likeness (QED) is 0.672. The molecule has 0 radical (unpaired) electrons. The highest BCUT2D eigenvalue weighted by Crippen LogP contribution is 2.34. The van der Waals surface area contributed by atoms with E-state index < -0.39 is 0 Å². The zero-order valence-corrected chi connectivity index (χ0v) is 14.0. The summed E-state index contributed by atoms with van der Waals surface area (Å²) in [7, 11) is 0. The Kier molecular flexibility index (Phi) is 4.67. The van der Waals surface area contributed by atoms with Crippen molar-refractivity contribution in [1.82, 2.24) is 0 Å². The Bertz CT molecular complexity index is 477. The van der Waals surface area contributed by atoms with Crippen LogP contribution in [0.2, 0.25) is 0 Å². The molecule has 2 rings (SSSR count). The SMILES string of the molecule is CC(C)c1cc(C(C)C)c(C2=NCCC2)c(C(C)C)c1. The predicted molar refractivity (Wildman–Crippen MR) is 89.3 cm³/mol. The van der Waals surface area contributed by atoms with E-state index in [0.29, 0.717) is 17.8 Å². The summed E-state index contributed by atoms with van der Waals surface area (Å²) in [6, 6.07) is 4.86. The van der Waals surface area contributed by atoms with Crippen LogP contribution in [0.3, 0.4) is 0 Å². The van der Waals surface area contributed by atoms with Gasteiger partial charge in [-0.25, -0.2) is 0 Å². The van der Waals surface area contributed by atoms with Crippen molar-refractivity contribution in [3.63, 3.8) is 0 Å². The molecule has 1 aromatic carbocycles. The van der Waals surface area contributed by atoms with Gasteiger partial charge in [0.2, 0.25) is 0 Å². The Balaban J connectivity index is 2.67. The van der Waals surface area contributed by atoms with Gasteiger partial charge >= 0.3 is 0 Å². The molecule has 1 aliphatic rings. The molecule has 1 aromatic rings. The van der Waals surface area contributed by atoms with Crippen LogP contribution in [0.4, 0.5) is 0 Å². The van der Waals surface area contributed by atoms with Crippen LogP contribution in [-0.4, -0.2) is 12.3 Å². The molecule has 0 aliphatic carbocycles. The van der Waals surface area contributed by atoms with E-state index in [1.54, 1.807) is 0 Å². The molecule has 1 heteroatoms. The Morgan fingerprint density at radius 1 is 0.850 bits per heavy atom. The summed E-state index contributed by atoms with van der Waals surface area (Å²) in [6.45, 7) is 14.8. The van der Waals surface area contributed by atoms with E-state index in [-0.39, 0.29) is 0 Å². The Labute approximate surface area is 124 Å². The van der Waals surface area contributed by atoms with Gasteiger partial charge in [0.25, 0.3) is 0 Å². The minimum atomic E-state index is 0.560. The number of nitrogens with zero attached hydrogens (tertiary/aromatic N) is 1. The second-order valence-electron chi connectivity index (χ2n) is 6.97. The molecular formula is C19H29N. The van der Waals surface area contributed by atoms with Crippen LogP contribution < -0.4 is 0 Å². The molecule has 0 fully saturated rings. The molecule has 0 saturated carbocycles. The zero-order chi connectivity index (χ0) is 14.9. The lowest BCUT2D eigenvalue weighted by atomic mass is 9.82. The van der Waals surface area contributed by atoms with E-state index in [1.807, 2.05) is 0 Å². The van der Waals surface area contributed by atoms with Crippen LogP contribution in [0.25, 0.3) is 0 Å². The highest BCUT2D eigenvalue weighted by atomic mass is 14.8. The molecule has 1 heterocycles. The zero-order valence-electron chi connectivity index (χ0n) is 14.0. The fraction of sp³-hybridized carbons (Fsp3) is 0.632. The third kappa shape index (κ3) is 2.97. The summed E-state index contributed by atoms with van der Waals surface area (Å²) in [5.74, 6) is 1.71. The summed E-state index contributed by atoms with van der Waals surface area (Å²) >= 11 is 0. The fourth-order valence-corrected chi connectivity index (χ4v) is 3.03. The maximum atomic E-state index is 4.78. The van der Waals surface area contributed by atoms with Crippen molar-refractivity contribution in [2.75, 3.05) is 6.54 Å². The average Bonchev–Trinajstić information content (AvgIpc) is 2.90. The van der Waals surface area contributed by atoms with Gasteiger partial charge in [0, 0.05) is 17.8 Å². The molecule has 1 aliphatic heterocycles. The maximum absolute atomic E-state index is 4.78. The minimum absolute atomic E-state index is 0.560. The first kappa shape index (κ1) is 15.3. The fourth-order valence-electron chi connectivity index (χ4n) is 3.03. The first-order valence-corrected chi connectivity index (χ1v) is 8.13. The molecule has 0 N–H and O–H groups in total. The van der Waals surface area contributed by atoms with Gasteiger partial charge in [0.15, 0.2) is 0 Å². The summed E-state index contributed by atoms with van der Waals surface area (Å²) < 4.78 is 0. The standard InChI is InChI=1S/C19H29N/c1-12(2)15-10-16(13(3)4)19(17(11-15)14(5)6)18-8-7-9-20-18/h10-14H,7-9H2,1-6H3. The Morgan fingerprint density at radius 2 is 1.40 bits per heavy atom. The lowest BCUT2D eigenvalue weighted by molar-refractivity contribution is 0.800. The molecular weight excluding hydrogens is 242 g/mol. The molecule has 0 unspecified atom stereocenters.